The van der Waals surface area contributed by atoms with Gasteiger partial charge >= 0.3 is 5.97 Å². The van der Waals surface area contributed by atoms with Crippen LogP contribution < -0.4 is 10.1 Å². The second-order valence-corrected chi connectivity index (χ2v) is 7.39. The van der Waals surface area contributed by atoms with Gasteiger partial charge in [0.2, 0.25) is 0 Å². The first-order valence-electron chi connectivity index (χ1n) is 10.4. The minimum absolute atomic E-state index is 0.0992. The molecule has 2 heterocycles. The Kier molecular flexibility index (Phi) is 5.77. The number of aromatic amines is 1. The molecule has 0 bridgehead atoms. The number of hydrogen-bond acceptors (Lipinski definition) is 4. The molecule has 4 rings (SSSR count). The van der Waals surface area contributed by atoms with Crippen LogP contribution in [0, 0.1) is 0 Å². The molecule has 1 aliphatic heterocycles. The number of carbonyl (C=O) groups is 2. The number of nitrogens with one attached hydrogen (secondary N) is 2. The molecule has 1 aromatic heterocycles. The average Bonchev–Trinajstić information content (AvgIpc) is 3.30. The summed E-state index contributed by atoms with van der Waals surface area (Å²) in [5, 5.41) is 13.2. The van der Waals surface area contributed by atoms with E-state index in [9.17, 15) is 14.7 Å². The van der Waals surface area contributed by atoms with Gasteiger partial charge in [-0.25, -0.2) is 4.79 Å². The number of benzene rings is 2. The number of anilines is 1. The lowest BCUT2D eigenvalue weighted by Gasteiger charge is -2.17. The van der Waals surface area contributed by atoms with Crippen molar-refractivity contribution >= 4 is 40.1 Å². The van der Waals surface area contributed by atoms with E-state index < -0.39 is 5.97 Å². The largest absolute Gasteiger partial charge is 0.492 e. The van der Waals surface area contributed by atoms with E-state index >= 15 is 0 Å². The molecule has 2 aromatic carbocycles. The van der Waals surface area contributed by atoms with Gasteiger partial charge in [-0.05, 0) is 55.6 Å². The maximum Gasteiger partial charge on any atom is 0.336 e. The van der Waals surface area contributed by atoms with Gasteiger partial charge in [-0.3, -0.25) is 4.79 Å². The Labute approximate surface area is 180 Å². The predicted octanol–water partition coefficient (Wildman–Crippen LogP) is 4.08. The number of ether oxygens (including phenoxy) is 1. The molecular formula is C24H25N3O4. The fourth-order valence-electron chi connectivity index (χ4n) is 3.85. The molecule has 0 radical (unpaired) electrons. The number of amides is 1. The Morgan fingerprint density at radius 3 is 2.71 bits per heavy atom. The molecule has 0 atom stereocenters. The number of H-pyrrole nitrogens is 1. The Bertz CT molecular complexity index is 1170. The molecular weight excluding hydrogens is 394 g/mol. The van der Waals surface area contributed by atoms with Gasteiger partial charge in [-0.15, -0.1) is 0 Å². The van der Waals surface area contributed by atoms with Crippen LogP contribution in [0.15, 0.2) is 42.5 Å². The number of aromatic nitrogens is 1. The van der Waals surface area contributed by atoms with Crippen molar-refractivity contribution in [1.82, 2.24) is 9.88 Å². The van der Waals surface area contributed by atoms with E-state index in [1.54, 1.807) is 18.2 Å². The van der Waals surface area contributed by atoms with E-state index in [-0.39, 0.29) is 11.5 Å². The molecule has 160 valence electrons. The van der Waals surface area contributed by atoms with Crippen LogP contribution in [0.3, 0.4) is 0 Å². The van der Waals surface area contributed by atoms with E-state index in [1.807, 2.05) is 24.3 Å². The number of carbonyl (C=O) groups excluding carboxylic acids is 1. The van der Waals surface area contributed by atoms with Crippen molar-refractivity contribution in [3.63, 3.8) is 0 Å². The van der Waals surface area contributed by atoms with Gasteiger partial charge in [0.1, 0.15) is 12.4 Å². The van der Waals surface area contributed by atoms with Gasteiger partial charge in [0.25, 0.3) is 5.91 Å². The number of rotatable bonds is 8. The van der Waals surface area contributed by atoms with E-state index in [0.717, 1.165) is 36.3 Å². The summed E-state index contributed by atoms with van der Waals surface area (Å²) in [4.78, 5) is 29.7. The third-order valence-electron chi connectivity index (χ3n) is 5.54. The molecule has 0 saturated carbocycles. The molecule has 1 amide bonds. The molecule has 3 aromatic rings. The van der Waals surface area contributed by atoms with Gasteiger partial charge in [0.15, 0.2) is 0 Å². The second kappa shape index (κ2) is 8.65. The van der Waals surface area contributed by atoms with Crippen LogP contribution in [-0.2, 0) is 4.79 Å². The van der Waals surface area contributed by atoms with Crippen LogP contribution in [0.4, 0.5) is 5.69 Å². The highest BCUT2D eigenvalue weighted by atomic mass is 16.5. The fraction of sp³-hybridized carbons (Fsp3) is 0.250. The number of carboxylic acid groups (broad SMARTS) is 1. The number of fused-ring (bicyclic) bond motifs is 2. The van der Waals surface area contributed by atoms with Crippen LogP contribution in [-0.4, -0.2) is 53.1 Å². The minimum atomic E-state index is -1.07. The van der Waals surface area contributed by atoms with Gasteiger partial charge < -0.3 is 25.0 Å². The van der Waals surface area contributed by atoms with E-state index in [2.05, 4.69) is 29.0 Å². The second-order valence-electron chi connectivity index (χ2n) is 7.39. The van der Waals surface area contributed by atoms with Crippen molar-refractivity contribution in [2.24, 2.45) is 0 Å². The number of likely N-dealkylation sites (N-methyl/N-ethyl adjacent to an activating group) is 1. The van der Waals surface area contributed by atoms with Crippen molar-refractivity contribution in [3.05, 3.63) is 59.3 Å². The minimum Gasteiger partial charge on any atom is -0.492 e. The van der Waals surface area contributed by atoms with Crippen LogP contribution in [0.1, 0.15) is 35.5 Å². The van der Waals surface area contributed by atoms with Crippen molar-refractivity contribution in [2.45, 2.75) is 13.8 Å². The molecule has 3 N–H and O–H groups in total. The maximum absolute atomic E-state index is 12.5. The summed E-state index contributed by atoms with van der Waals surface area (Å²) >= 11 is 0. The zero-order chi connectivity index (χ0) is 22.0. The summed E-state index contributed by atoms with van der Waals surface area (Å²) in [6.07, 6.45) is 1.69. The fourth-order valence-corrected chi connectivity index (χ4v) is 3.85. The molecule has 7 nitrogen and oxygen atoms in total. The Morgan fingerprint density at radius 1 is 1.16 bits per heavy atom. The lowest BCUT2D eigenvalue weighted by Crippen LogP contribution is -2.27. The lowest BCUT2D eigenvalue weighted by molar-refractivity contribution is -0.110. The van der Waals surface area contributed by atoms with Crippen LogP contribution >= 0.6 is 0 Å². The van der Waals surface area contributed by atoms with E-state index in [4.69, 9.17) is 4.74 Å². The summed E-state index contributed by atoms with van der Waals surface area (Å²) in [5.41, 5.74) is 2.98. The van der Waals surface area contributed by atoms with Gasteiger partial charge in [-0.2, -0.15) is 0 Å². The topological polar surface area (TPSA) is 94.7 Å². The van der Waals surface area contributed by atoms with Crippen molar-refractivity contribution in [3.8, 4) is 5.75 Å². The number of hydrogen-bond donors (Lipinski definition) is 3. The highest BCUT2D eigenvalue weighted by Gasteiger charge is 2.29. The summed E-state index contributed by atoms with van der Waals surface area (Å²) < 4.78 is 5.90. The molecule has 0 unspecified atom stereocenters. The molecule has 0 saturated heterocycles. The Morgan fingerprint density at radius 2 is 1.97 bits per heavy atom. The van der Waals surface area contributed by atoms with E-state index in [1.165, 1.54) is 6.07 Å². The maximum atomic E-state index is 12.5. The number of nitrogens with zero attached hydrogens (tertiary/aromatic N) is 1. The Hall–Kier alpha value is -3.58. The smallest absolute Gasteiger partial charge is 0.336 e. The highest BCUT2D eigenvalue weighted by molar-refractivity contribution is 6.36. The van der Waals surface area contributed by atoms with Crippen molar-refractivity contribution < 1.29 is 19.4 Å². The summed E-state index contributed by atoms with van der Waals surface area (Å²) in [7, 11) is 0. The zero-order valence-corrected chi connectivity index (χ0v) is 17.6. The first kappa shape index (κ1) is 20.7. The normalized spacial score (nSPS) is 14.3. The monoisotopic (exact) mass is 419 g/mol. The van der Waals surface area contributed by atoms with Gasteiger partial charge in [0, 0.05) is 34.4 Å². The standard InChI is InChI=1S/C24H25N3O4/c1-3-27(4-2)10-11-31-17-8-9-20-15(13-17)12-16(25-20)14-19-22-18(24(29)30)6-5-7-21(22)26-23(19)28/h5-9,12-14,25H,3-4,10-11H2,1-2H3,(H,26,28)(H,29,30). The van der Waals surface area contributed by atoms with Gasteiger partial charge in [0.05, 0.1) is 11.1 Å². The van der Waals surface area contributed by atoms with Crippen LogP contribution in [0.25, 0.3) is 22.6 Å². The van der Waals surface area contributed by atoms with E-state index in [0.29, 0.717) is 29.1 Å². The third kappa shape index (κ3) is 4.18. The quantitative estimate of drug-likeness (QED) is 0.478. The molecule has 1 aliphatic rings. The zero-order valence-electron chi connectivity index (χ0n) is 17.6. The number of aromatic carboxylic acids is 1. The third-order valence-corrected chi connectivity index (χ3v) is 5.54. The molecule has 31 heavy (non-hydrogen) atoms. The summed E-state index contributed by atoms with van der Waals surface area (Å²) in [6.45, 7) is 7.74. The first-order chi connectivity index (χ1) is 15.0. The summed E-state index contributed by atoms with van der Waals surface area (Å²) in [6, 6.07) is 12.6. The lowest BCUT2D eigenvalue weighted by atomic mass is 9.99. The van der Waals surface area contributed by atoms with Crippen molar-refractivity contribution in [2.75, 3.05) is 31.6 Å². The van der Waals surface area contributed by atoms with Crippen molar-refractivity contribution in [1.29, 1.82) is 0 Å². The predicted molar refractivity (Wildman–Crippen MR) is 121 cm³/mol. The van der Waals surface area contributed by atoms with Crippen LogP contribution in [0.5, 0.6) is 5.75 Å². The van der Waals surface area contributed by atoms with Crippen LogP contribution in [0.2, 0.25) is 0 Å². The Balaban J connectivity index is 1.60. The molecule has 0 aliphatic carbocycles. The molecule has 0 spiro atoms. The molecule has 0 fully saturated rings. The SMILES string of the molecule is CCN(CC)CCOc1ccc2[nH]c(C=C3C(=O)Nc4cccc(C(=O)O)c43)cc2c1. The average molecular weight is 419 g/mol. The molecule has 7 heteroatoms. The number of carboxylic acids is 1. The first-order valence-corrected chi connectivity index (χ1v) is 10.4. The highest BCUT2D eigenvalue weighted by Crippen LogP contribution is 2.36. The van der Waals surface area contributed by atoms with Gasteiger partial charge in [-0.1, -0.05) is 19.9 Å². The summed E-state index contributed by atoms with van der Waals surface area (Å²) in [5.74, 6) is -0.597.